The highest BCUT2D eigenvalue weighted by molar-refractivity contribution is 7.09. The van der Waals surface area contributed by atoms with E-state index in [2.05, 4.69) is 35.1 Å². The number of thiazole rings is 1. The van der Waals surface area contributed by atoms with Crippen LogP contribution >= 0.6 is 11.3 Å². The van der Waals surface area contributed by atoms with Gasteiger partial charge in [0.25, 0.3) is 0 Å². The molecule has 1 fully saturated rings. The van der Waals surface area contributed by atoms with Gasteiger partial charge in [0.1, 0.15) is 5.82 Å². The zero-order chi connectivity index (χ0) is 16.9. The number of likely N-dealkylation sites (tertiary alicyclic amines) is 1. The molecular formula is C17H19N7S. The number of hydrogen-bond donors (Lipinski definition) is 1. The third-order valence-electron chi connectivity index (χ3n) is 4.29. The molecule has 8 heteroatoms. The highest BCUT2D eigenvalue weighted by Gasteiger charge is 2.25. The third-order valence-corrected chi connectivity index (χ3v) is 5.06. The van der Waals surface area contributed by atoms with Gasteiger partial charge < -0.3 is 5.32 Å². The molecule has 1 saturated heterocycles. The monoisotopic (exact) mass is 353 g/mol. The lowest BCUT2D eigenvalue weighted by Crippen LogP contribution is -2.34. The molecule has 0 amide bonds. The number of aromatic nitrogens is 5. The van der Waals surface area contributed by atoms with Crippen molar-refractivity contribution >= 4 is 23.0 Å². The maximum absolute atomic E-state index is 4.62. The second-order valence-corrected chi connectivity index (χ2v) is 7.02. The summed E-state index contributed by atoms with van der Waals surface area (Å²) < 4.78 is 0. The van der Waals surface area contributed by atoms with Gasteiger partial charge in [0.15, 0.2) is 5.82 Å². The maximum atomic E-state index is 4.62. The largest absolute Gasteiger partial charge is 0.322 e. The molecular weight excluding hydrogens is 334 g/mol. The molecule has 0 spiro atoms. The average molecular weight is 353 g/mol. The Morgan fingerprint density at radius 3 is 2.84 bits per heavy atom. The van der Waals surface area contributed by atoms with Crippen molar-refractivity contribution in [3.63, 3.8) is 0 Å². The van der Waals surface area contributed by atoms with Crippen LogP contribution in [0.2, 0.25) is 0 Å². The summed E-state index contributed by atoms with van der Waals surface area (Å²) in [4.78, 5) is 25.4. The summed E-state index contributed by atoms with van der Waals surface area (Å²) >= 11 is 1.71. The quantitative estimate of drug-likeness (QED) is 0.755. The highest BCUT2D eigenvalue weighted by Crippen LogP contribution is 2.31. The number of anilines is 2. The first-order valence-electron chi connectivity index (χ1n) is 8.32. The zero-order valence-corrected chi connectivity index (χ0v) is 14.6. The number of nitrogens with one attached hydrogen (secondary N) is 1. The summed E-state index contributed by atoms with van der Waals surface area (Å²) in [6.07, 6.45) is 12.7. The predicted octanol–water partition coefficient (Wildman–Crippen LogP) is 2.85. The van der Waals surface area contributed by atoms with Crippen molar-refractivity contribution in [2.75, 3.05) is 18.4 Å². The Balaban J connectivity index is 1.51. The Hall–Kier alpha value is -2.45. The minimum Gasteiger partial charge on any atom is -0.322 e. The highest BCUT2D eigenvalue weighted by atomic mass is 32.1. The fourth-order valence-corrected chi connectivity index (χ4v) is 3.83. The van der Waals surface area contributed by atoms with Crippen LogP contribution in [-0.4, -0.2) is 42.9 Å². The summed E-state index contributed by atoms with van der Waals surface area (Å²) in [5.74, 6) is 1.81. The number of rotatable bonds is 5. The van der Waals surface area contributed by atoms with E-state index >= 15 is 0 Å². The van der Waals surface area contributed by atoms with E-state index in [1.165, 1.54) is 4.88 Å². The zero-order valence-electron chi connectivity index (χ0n) is 13.7. The van der Waals surface area contributed by atoms with Crippen molar-refractivity contribution in [2.24, 2.45) is 0 Å². The van der Waals surface area contributed by atoms with Crippen molar-refractivity contribution in [3.05, 3.63) is 53.3 Å². The van der Waals surface area contributed by atoms with Crippen molar-refractivity contribution in [2.45, 2.75) is 25.3 Å². The molecule has 128 valence electrons. The van der Waals surface area contributed by atoms with E-state index in [0.717, 1.165) is 44.0 Å². The molecule has 0 bridgehead atoms. The van der Waals surface area contributed by atoms with E-state index < -0.39 is 0 Å². The van der Waals surface area contributed by atoms with Gasteiger partial charge in [-0.05, 0) is 19.4 Å². The first-order chi connectivity index (χ1) is 12.4. The van der Waals surface area contributed by atoms with Crippen molar-refractivity contribution in [3.8, 4) is 0 Å². The first-order valence-corrected chi connectivity index (χ1v) is 9.20. The normalized spacial score (nSPS) is 18.2. The molecule has 4 heterocycles. The standard InChI is InChI=1S/C17H19N7S/c1-2-13(10-24(7-1)11-14-8-19-12-25-14)16-17(22-6-5-21-16)23-15-9-18-3-4-20-15/h3-6,8-9,12-13H,1-2,7,10-11H2,(H,20,22,23)/t13-/m1/s1. The van der Waals surface area contributed by atoms with Crippen LogP contribution in [0.4, 0.5) is 11.6 Å². The van der Waals surface area contributed by atoms with E-state index in [4.69, 9.17) is 0 Å². The second kappa shape index (κ2) is 7.62. The Morgan fingerprint density at radius 1 is 1.08 bits per heavy atom. The van der Waals surface area contributed by atoms with Crippen LogP contribution in [-0.2, 0) is 6.54 Å². The molecule has 0 aromatic carbocycles. The van der Waals surface area contributed by atoms with Gasteiger partial charge >= 0.3 is 0 Å². The molecule has 1 atom stereocenters. The first kappa shape index (κ1) is 16.0. The minimum absolute atomic E-state index is 0.356. The van der Waals surface area contributed by atoms with Crippen molar-refractivity contribution in [1.82, 2.24) is 29.8 Å². The topological polar surface area (TPSA) is 79.7 Å². The fraction of sp³-hybridized carbons (Fsp3) is 0.353. The van der Waals surface area contributed by atoms with Gasteiger partial charge in [-0.1, -0.05) is 0 Å². The summed E-state index contributed by atoms with van der Waals surface area (Å²) in [5.41, 5.74) is 2.89. The molecule has 0 radical (unpaired) electrons. The molecule has 1 aliphatic rings. The van der Waals surface area contributed by atoms with Gasteiger partial charge in [0.05, 0.1) is 17.4 Å². The van der Waals surface area contributed by atoms with Crippen LogP contribution in [0.25, 0.3) is 0 Å². The Labute approximate surface area is 150 Å². The lowest BCUT2D eigenvalue weighted by Gasteiger charge is -2.32. The molecule has 7 nitrogen and oxygen atoms in total. The Kier molecular flexibility index (Phi) is 4.89. The van der Waals surface area contributed by atoms with Gasteiger partial charge in [0, 0.05) is 54.9 Å². The van der Waals surface area contributed by atoms with Crippen molar-refractivity contribution < 1.29 is 0 Å². The second-order valence-electron chi connectivity index (χ2n) is 6.05. The predicted molar refractivity (Wildman–Crippen MR) is 96.7 cm³/mol. The van der Waals surface area contributed by atoms with Crippen LogP contribution in [0.5, 0.6) is 0 Å². The average Bonchev–Trinajstić information content (AvgIpc) is 3.16. The summed E-state index contributed by atoms with van der Waals surface area (Å²) in [6.45, 7) is 3.04. The lowest BCUT2D eigenvalue weighted by molar-refractivity contribution is 0.200. The SMILES string of the molecule is c1cnc(Nc2nccnc2[C@@H]2CCCN(Cc3cncs3)C2)cn1. The molecule has 4 rings (SSSR count). The molecule has 1 N–H and O–H groups in total. The summed E-state index contributed by atoms with van der Waals surface area (Å²) in [6, 6.07) is 0. The van der Waals surface area contributed by atoms with Crippen LogP contribution in [0.1, 0.15) is 29.3 Å². The molecule has 3 aromatic heterocycles. The molecule has 1 aliphatic heterocycles. The Bertz CT molecular complexity index is 794. The van der Waals surface area contributed by atoms with Crippen LogP contribution in [0.3, 0.4) is 0 Å². The van der Waals surface area contributed by atoms with Gasteiger partial charge in [-0.25, -0.2) is 9.97 Å². The van der Waals surface area contributed by atoms with E-state index in [9.17, 15) is 0 Å². The van der Waals surface area contributed by atoms with Crippen LogP contribution in [0, 0.1) is 0 Å². The number of hydrogen-bond acceptors (Lipinski definition) is 8. The third kappa shape index (κ3) is 3.97. The van der Waals surface area contributed by atoms with Gasteiger partial charge in [0.2, 0.25) is 0 Å². The van der Waals surface area contributed by atoms with Crippen molar-refractivity contribution in [1.29, 1.82) is 0 Å². The molecule has 0 unspecified atom stereocenters. The van der Waals surface area contributed by atoms with Crippen LogP contribution < -0.4 is 5.32 Å². The fourth-order valence-electron chi connectivity index (χ4n) is 3.19. The minimum atomic E-state index is 0.356. The van der Waals surface area contributed by atoms with Gasteiger partial charge in [-0.2, -0.15) is 0 Å². The summed E-state index contributed by atoms with van der Waals surface area (Å²) in [5, 5.41) is 3.26. The van der Waals surface area contributed by atoms with Crippen LogP contribution in [0.15, 0.2) is 42.7 Å². The lowest BCUT2D eigenvalue weighted by atomic mass is 9.94. The van der Waals surface area contributed by atoms with Gasteiger partial charge in [-0.3, -0.25) is 19.9 Å². The molecule has 0 aliphatic carbocycles. The molecule has 25 heavy (non-hydrogen) atoms. The molecule has 0 saturated carbocycles. The smallest absolute Gasteiger partial charge is 0.153 e. The van der Waals surface area contributed by atoms with E-state index in [1.807, 2.05) is 11.7 Å². The summed E-state index contributed by atoms with van der Waals surface area (Å²) in [7, 11) is 0. The maximum Gasteiger partial charge on any atom is 0.153 e. The van der Waals surface area contributed by atoms with E-state index in [-0.39, 0.29) is 0 Å². The number of piperidine rings is 1. The van der Waals surface area contributed by atoms with Gasteiger partial charge in [-0.15, -0.1) is 11.3 Å². The molecule has 3 aromatic rings. The van der Waals surface area contributed by atoms with E-state index in [0.29, 0.717) is 11.7 Å². The number of nitrogens with zero attached hydrogens (tertiary/aromatic N) is 6. The Morgan fingerprint density at radius 2 is 2.00 bits per heavy atom. The van der Waals surface area contributed by atoms with E-state index in [1.54, 1.807) is 42.3 Å².